The summed E-state index contributed by atoms with van der Waals surface area (Å²) in [6.45, 7) is -0.295. The minimum absolute atomic E-state index is 0.0565. The maximum absolute atomic E-state index is 8.90. The maximum atomic E-state index is 8.90. The van der Waals surface area contributed by atoms with Crippen molar-refractivity contribution in [3.63, 3.8) is 0 Å². The topological polar surface area (TPSA) is 101 Å². The average molecular weight is 164 g/mol. The number of aliphatic hydroxyl groups is 5. The molecule has 1 unspecified atom stereocenters. The zero-order valence-corrected chi connectivity index (χ0v) is 5.88. The third kappa shape index (κ3) is 3.22. The second-order valence-electron chi connectivity index (χ2n) is 2.08. The molecule has 11 heavy (non-hydrogen) atoms. The van der Waals surface area contributed by atoms with Crippen molar-refractivity contribution in [2.24, 2.45) is 0 Å². The van der Waals surface area contributed by atoms with E-state index in [4.69, 9.17) is 25.5 Å². The summed E-state index contributed by atoms with van der Waals surface area (Å²) in [4.78, 5) is 0. The summed E-state index contributed by atoms with van der Waals surface area (Å²) >= 11 is 0. The van der Waals surface area contributed by atoms with Gasteiger partial charge in [0.25, 0.3) is 0 Å². The van der Waals surface area contributed by atoms with Crippen LogP contribution in [0.2, 0.25) is 0 Å². The van der Waals surface area contributed by atoms with Gasteiger partial charge in [-0.1, -0.05) is 0 Å². The Hall–Kier alpha value is -0.780. The lowest BCUT2D eigenvalue weighted by atomic mass is 10.1. The molecule has 0 fully saturated rings. The third-order valence-electron chi connectivity index (χ3n) is 1.22. The first-order valence-corrected chi connectivity index (χ1v) is 3.13. The van der Waals surface area contributed by atoms with Gasteiger partial charge in [0.2, 0.25) is 0 Å². The fourth-order valence-corrected chi connectivity index (χ4v) is 0.564. The van der Waals surface area contributed by atoms with Gasteiger partial charge in [-0.3, -0.25) is 0 Å². The van der Waals surface area contributed by atoms with E-state index in [1.54, 1.807) is 0 Å². The molecule has 0 aliphatic heterocycles. The van der Waals surface area contributed by atoms with Crippen molar-refractivity contribution in [1.82, 2.24) is 0 Å². The molecular weight excluding hydrogens is 152 g/mol. The van der Waals surface area contributed by atoms with Gasteiger partial charge in [0, 0.05) is 6.61 Å². The van der Waals surface area contributed by atoms with E-state index in [1.807, 2.05) is 0 Å². The first-order valence-electron chi connectivity index (χ1n) is 3.13. The standard InChI is InChI=1S/C6H12O5/c7-2-1-4(9)6(11)5(10)3-8/h3-4,6-11H,1-2H2/b5-3-/t4?,6-/m0/s1. The Balaban J connectivity index is 3.91. The van der Waals surface area contributed by atoms with Crippen molar-refractivity contribution < 1.29 is 25.5 Å². The van der Waals surface area contributed by atoms with Crippen LogP contribution in [0.3, 0.4) is 0 Å². The molecule has 5 N–H and O–H groups in total. The third-order valence-corrected chi connectivity index (χ3v) is 1.22. The fraction of sp³-hybridized carbons (Fsp3) is 0.667. The lowest BCUT2D eigenvalue weighted by molar-refractivity contribution is 0.00292. The van der Waals surface area contributed by atoms with Crippen LogP contribution in [0, 0.1) is 0 Å². The molecule has 0 saturated heterocycles. The van der Waals surface area contributed by atoms with Gasteiger partial charge in [-0.25, -0.2) is 0 Å². The van der Waals surface area contributed by atoms with Crippen LogP contribution in [0.15, 0.2) is 12.0 Å². The van der Waals surface area contributed by atoms with Crippen molar-refractivity contribution in [2.75, 3.05) is 6.61 Å². The Morgan fingerprint density at radius 2 is 1.91 bits per heavy atom. The smallest absolute Gasteiger partial charge is 0.158 e. The van der Waals surface area contributed by atoms with Crippen LogP contribution in [0.4, 0.5) is 0 Å². The first kappa shape index (κ1) is 10.2. The maximum Gasteiger partial charge on any atom is 0.158 e. The molecule has 0 aliphatic carbocycles. The average Bonchev–Trinajstić information content (AvgIpc) is 2.02. The number of aliphatic hydroxyl groups excluding tert-OH is 5. The zero-order valence-electron chi connectivity index (χ0n) is 5.88. The van der Waals surface area contributed by atoms with Crippen molar-refractivity contribution in [1.29, 1.82) is 0 Å². The molecule has 66 valence electrons. The predicted octanol–water partition coefficient (Wildman–Crippen LogP) is -0.952. The summed E-state index contributed by atoms with van der Waals surface area (Å²) in [5.41, 5.74) is 0. The molecule has 0 rings (SSSR count). The van der Waals surface area contributed by atoms with Gasteiger partial charge in [0.1, 0.15) is 12.4 Å². The second kappa shape index (κ2) is 4.95. The van der Waals surface area contributed by atoms with Crippen LogP contribution in [0.25, 0.3) is 0 Å². The molecule has 0 aliphatic rings. The zero-order chi connectivity index (χ0) is 8.85. The molecule has 0 saturated carbocycles. The van der Waals surface area contributed by atoms with Crippen molar-refractivity contribution in [2.45, 2.75) is 18.6 Å². The molecule has 0 aromatic heterocycles. The van der Waals surface area contributed by atoms with Gasteiger partial charge in [0.15, 0.2) is 5.76 Å². The fourth-order valence-electron chi connectivity index (χ4n) is 0.564. The summed E-state index contributed by atoms with van der Waals surface area (Å²) < 4.78 is 0. The highest BCUT2D eigenvalue weighted by molar-refractivity contribution is 4.95. The largest absolute Gasteiger partial charge is 0.512 e. The Morgan fingerprint density at radius 1 is 1.36 bits per heavy atom. The summed E-state index contributed by atoms with van der Waals surface area (Å²) in [5.74, 6) is -0.717. The minimum atomic E-state index is -1.54. The molecular formula is C6H12O5. The SMILES string of the molecule is O/C=C(\O)[C@@H](O)C(O)CCO. The molecule has 2 atom stereocenters. The quantitative estimate of drug-likeness (QED) is 0.345. The van der Waals surface area contributed by atoms with Gasteiger partial charge < -0.3 is 25.5 Å². The Morgan fingerprint density at radius 3 is 2.27 bits per heavy atom. The van der Waals surface area contributed by atoms with E-state index < -0.39 is 18.0 Å². The Bertz CT molecular complexity index is 133. The molecule has 0 aromatic carbocycles. The van der Waals surface area contributed by atoms with Crippen LogP contribution >= 0.6 is 0 Å². The van der Waals surface area contributed by atoms with E-state index in [0.717, 1.165) is 0 Å². The second-order valence-corrected chi connectivity index (χ2v) is 2.08. The van der Waals surface area contributed by atoms with Gasteiger partial charge in [-0.05, 0) is 6.42 Å². The molecule has 0 amide bonds. The molecule has 0 heterocycles. The Labute approximate surface area is 63.8 Å². The Kier molecular flexibility index (Phi) is 4.60. The van der Waals surface area contributed by atoms with Crippen molar-refractivity contribution in [3.05, 3.63) is 12.0 Å². The summed E-state index contributed by atoms with van der Waals surface area (Å²) in [6, 6.07) is 0. The van der Waals surface area contributed by atoms with Gasteiger partial charge >= 0.3 is 0 Å². The lowest BCUT2D eigenvalue weighted by Gasteiger charge is -2.14. The first-order chi connectivity index (χ1) is 5.13. The van der Waals surface area contributed by atoms with E-state index >= 15 is 0 Å². The monoisotopic (exact) mass is 164 g/mol. The van der Waals surface area contributed by atoms with E-state index in [9.17, 15) is 0 Å². The molecule has 0 spiro atoms. The van der Waals surface area contributed by atoms with E-state index in [1.165, 1.54) is 0 Å². The number of hydrogen-bond donors (Lipinski definition) is 5. The highest BCUT2D eigenvalue weighted by Crippen LogP contribution is 2.05. The summed E-state index contributed by atoms with van der Waals surface area (Å²) in [6.07, 6.45) is -2.56. The van der Waals surface area contributed by atoms with E-state index in [2.05, 4.69) is 0 Å². The molecule has 0 radical (unpaired) electrons. The van der Waals surface area contributed by atoms with Gasteiger partial charge in [-0.15, -0.1) is 0 Å². The minimum Gasteiger partial charge on any atom is -0.512 e. The highest BCUT2D eigenvalue weighted by Gasteiger charge is 2.19. The normalized spacial score (nSPS) is 17.9. The number of hydrogen-bond acceptors (Lipinski definition) is 5. The molecule has 0 aromatic rings. The van der Waals surface area contributed by atoms with Crippen molar-refractivity contribution in [3.8, 4) is 0 Å². The van der Waals surface area contributed by atoms with Crippen LogP contribution in [-0.2, 0) is 0 Å². The van der Waals surface area contributed by atoms with E-state index in [0.29, 0.717) is 6.26 Å². The van der Waals surface area contributed by atoms with Crippen LogP contribution in [-0.4, -0.2) is 44.3 Å². The van der Waals surface area contributed by atoms with E-state index in [-0.39, 0.29) is 13.0 Å². The van der Waals surface area contributed by atoms with Crippen molar-refractivity contribution >= 4 is 0 Å². The summed E-state index contributed by atoms with van der Waals surface area (Å²) in [7, 11) is 0. The lowest BCUT2D eigenvalue weighted by Crippen LogP contribution is -2.28. The number of rotatable bonds is 4. The van der Waals surface area contributed by atoms with Gasteiger partial charge in [0.05, 0.1) is 6.10 Å². The molecule has 0 bridgehead atoms. The van der Waals surface area contributed by atoms with Crippen LogP contribution in [0.5, 0.6) is 0 Å². The van der Waals surface area contributed by atoms with Gasteiger partial charge in [-0.2, -0.15) is 0 Å². The molecule has 5 nitrogen and oxygen atoms in total. The summed E-state index contributed by atoms with van der Waals surface area (Å²) in [5, 5.41) is 42.9. The highest BCUT2D eigenvalue weighted by atomic mass is 16.4. The van der Waals surface area contributed by atoms with Crippen LogP contribution < -0.4 is 0 Å². The predicted molar refractivity (Wildman–Crippen MR) is 37.1 cm³/mol. The molecule has 5 heteroatoms. The van der Waals surface area contributed by atoms with Crippen LogP contribution in [0.1, 0.15) is 6.42 Å².